The van der Waals surface area contributed by atoms with Crippen molar-refractivity contribution in [3.05, 3.63) is 64.8 Å². The Balaban J connectivity index is 1.32. The topological polar surface area (TPSA) is 84.3 Å². The van der Waals surface area contributed by atoms with Crippen LogP contribution in [0.1, 0.15) is 29.3 Å². The van der Waals surface area contributed by atoms with Gasteiger partial charge in [0.25, 0.3) is 0 Å². The van der Waals surface area contributed by atoms with Crippen molar-refractivity contribution in [2.75, 3.05) is 6.54 Å². The van der Waals surface area contributed by atoms with Crippen LogP contribution < -0.4 is 5.32 Å². The predicted molar refractivity (Wildman–Crippen MR) is 120 cm³/mol. The molecule has 2 aliphatic rings. The van der Waals surface area contributed by atoms with Crippen molar-refractivity contribution >= 4 is 40.1 Å². The number of rotatable bonds is 6. The van der Waals surface area contributed by atoms with Gasteiger partial charge in [-0.3, -0.25) is 19.4 Å². The predicted octanol–water partition coefficient (Wildman–Crippen LogP) is 3.19. The Labute approximate surface area is 194 Å². The van der Waals surface area contributed by atoms with Crippen LogP contribution in [0.2, 0.25) is 5.02 Å². The van der Waals surface area contributed by atoms with Gasteiger partial charge in [-0.15, -0.1) is 0 Å². The standard InChI is InChI=1S/C24H22ClFN4O3/c1-13(31)18-11-29(20-9-27-6-5-16(18)20)12-21(32)30-10-15-7-17(15)23(30)24(33)28-8-14-3-2-4-19(25)22(14)26/h2-6,9,11,15,17,23H,7-8,10,12H2,1H3,(H,28,33)/t15-,17-,23+/m1/s1. The van der Waals surface area contributed by atoms with E-state index in [0.29, 0.717) is 29.1 Å². The van der Waals surface area contributed by atoms with Crippen LogP contribution in [0.4, 0.5) is 4.39 Å². The molecular formula is C24H22ClFN4O3. The number of fused-ring (bicyclic) bond motifs is 2. The summed E-state index contributed by atoms with van der Waals surface area (Å²) in [6.07, 6.45) is 5.80. The zero-order chi connectivity index (χ0) is 23.3. The van der Waals surface area contributed by atoms with Gasteiger partial charge >= 0.3 is 0 Å². The molecule has 3 heterocycles. The zero-order valence-electron chi connectivity index (χ0n) is 17.9. The number of amides is 2. The number of hydrogen-bond donors (Lipinski definition) is 1. The third-order valence-corrected chi connectivity index (χ3v) is 6.88. The molecular weight excluding hydrogens is 447 g/mol. The molecule has 1 saturated heterocycles. The highest BCUT2D eigenvalue weighted by atomic mass is 35.5. The molecule has 33 heavy (non-hydrogen) atoms. The van der Waals surface area contributed by atoms with E-state index < -0.39 is 11.9 Å². The van der Waals surface area contributed by atoms with Crippen molar-refractivity contribution in [1.29, 1.82) is 0 Å². The molecule has 5 rings (SSSR count). The Morgan fingerprint density at radius 1 is 1.27 bits per heavy atom. The van der Waals surface area contributed by atoms with Gasteiger partial charge in [-0.05, 0) is 37.3 Å². The van der Waals surface area contributed by atoms with E-state index in [9.17, 15) is 18.8 Å². The maximum absolute atomic E-state index is 14.2. The average Bonchev–Trinajstić information content (AvgIpc) is 3.30. The number of likely N-dealkylation sites (tertiary alicyclic amines) is 1. The Morgan fingerprint density at radius 2 is 2.09 bits per heavy atom. The third-order valence-electron chi connectivity index (χ3n) is 6.59. The summed E-state index contributed by atoms with van der Waals surface area (Å²) in [5.74, 6) is -0.719. The van der Waals surface area contributed by atoms with Crippen molar-refractivity contribution in [2.24, 2.45) is 11.8 Å². The van der Waals surface area contributed by atoms with Crippen LogP contribution in [0.25, 0.3) is 10.9 Å². The minimum Gasteiger partial charge on any atom is -0.350 e. The molecule has 1 aliphatic heterocycles. The smallest absolute Gasteiger partial charge is 0.243 e. The van der Waals surface area contributed by atoms with Crippen LogP contribution in [0.5, 0.6) is 0 Å². The summed E-state index contributed by atoms with van der Waals surface area (Å²) in [6, 6.07) is 5.81. The summed E-state index contributed by atoms with van der Waals surface area (Å²) in [7, 11) is 0. The fraction of sp³-hybridized carbons (Fsp3) is 0.333. The van der Waals surface area contributed by atoms with Crippen molar-refractivity contribution in [1.82, 2.24) is 19.8 Å². The fourth-order valence-electron chi connectivity index (χ4n) is 4.82. The third kappa shape index (κ3) is 3.88. The molecule has 1 saturated carbocycles. The molecule has 9 heteroatoms. The first-order valence-corrected chi connectivity index (χ1v) is 11.2. The number of pyridine rings is 1. The van der Waals surface area contributed by atoms with Gasteiger partial charge in [0.05, 0.1) is 16.7 Å². The van der Waals surface area contributed by atoms with E-state index in [2.05, 4.69) is 10.3 Å². The first-order chi connectivity index (χ1) is 15.8. The zero-order valence-corrected chi connectivity index (χ0v) is 18.7. The van der Waals surface area contributed by atoms with Gasteiger partial charge in [0.15, 0.2) is 5.78 Å². The van der Waals surface area contributed by atoms with E-state index in [1.54, 1.807) is 46.3 Å². The lowest BCUT2D eigenvalue weighted by atomic mass is 10.1. The number of Topliss-reactive ketones (excluding diaryl/α,β-unsaturated/α-hetero) is 1. The lowest BCUT2D eigenvalue weighted by molar-refractivity contribution is -0.140. The van der Waals surface area contributed by atoms with E-state index >= 15 is 0 Å². The molecule has 0 unspecified atom stereocenters. The van der Waals surface area contributed by atoms with Gasteiger partial charge in [0.2, 0.25) is 11.8 Å². The second-order valence-electron chi connectivity index (χ2n) is 8.70. The Morgan fingerprint density at radius 3 is 2.88 bits per heavy atom. The molecule has 2 fully saturated rings. The highest BCUT2D eigenvalue weighted by Crippen LogP contribution is 2.49. The molecule has 7 nitrogen and oxygen atoms in total. The van der Waals surface area contributed by atoms with Gasteiger partial charge in [-0.25, -0.2) is 4.39 Å². The number of nitrogens with one attached hydrogen (secondary N) is 1. The van der Waals surface area contributed by atoms with Gasteiger partial charge in [-0.2, -0.15) is 0 Å². The van der Waals surface area contributed by atoms with Crippen molar-refractivity contribution in [2.45, 2.75) is 32.5 Å². The molecule has 0 bridgehead atoms. The van der Waals surface area contributed by atoms with Crippen molar-refractivity contribution < 1.29 is 18.8 Å². The van der Waals surface area contributed by atoms with Crippen LogP contribution in [-0.4, -0.2) is 44.6 Å². The highest BCUT2D eigenvalue weighted by molar-refractivity contribution is 6.30. The molecule has 1 aliphatic carbocycles. The number of aromatic nitrogens is 2. The SMILES string of the molecule is CC(=O)c1cn(CC(=O)N2C[C@H]3C[C@H]3[C@H]2C(=O)NCc2cccc(Cl)c2F)c2cnccc12. The molecule has 3 aromatic rings. The second-order valence-corrected chi connectivity index (χ2v) is 9.11. The number of piperidine rings is 1. The first kappa shape index (κ1) is 21.6. The Bertz CT molecular complexity index is 1290. The number of hydrogen-bond acceptors (Lipinski definition) is 4. The first-order valence-electron chi connectivity index (χ1n) is 10.8. The second kappa shape index (κ2) is 8.26. The Hall–Kier alpha value is -3.26. The van der Waals surface area contributed by atoms with Crippen LogP contribution in [-0.2, 0) is 22.7 Å². The summed E-state index contributed by atoms with van der Waals surface area (Å²) in [5.41, 5.74) is 1.52. The summed E-state index contributed by atoms with van der Waals surface area (Å²) < 4.78 is 15.9. The number of carbonyl (C=O) groups excluding carboxylic acids is 3. The van der Waals surface area contributed by atoms with Gasteiger partial charge in [-0.1, -0.05) is 23.7 Å². The Kier molecular flexibility index (Phi) is 5.40. The number of nitrogens with zero attached hydrogens (tertiary/aromatic N) is 3. The minimum absolute atomic E-state index is 0.0000424. The average molecular weight is 469 g/mol. The number of ketones is 1. The van der Waals surface area contributed by atoms with E-state index in [-0.39, 0.29) is 41.6 Å². The molecule has 1 N–H and O–H groups in total. The summed E-state index contributed by atoms with van der Waals surface area (Å²) in [4.78, 5) is 44.0. The molecule has 3 atom stereocenters. The van der Waals surface area contributed by atoms with Crippen molar-refractivity contribution in [3.8, 4) is 0 Å². The fourth-order valence-corrected chi connectivity index (χ4v) is 5.01. The number of benzene rings is 1. The minimum atomic E-state index is -0.586. The van der Waals surface area contributed by atoms with Crippen LogP contribution in [0.15, 0.2) is 42.9 Å². The maximum Gasteiger partial charge on any atom is 0.243 e. The molecule has 0 radical (unpaired) electrons. The molecule has 1 aromatic carbocycles. The molecule has 170 valence electrons. The van der Waals surface area contributed by atoms with E-state index in [1.165, 1.54) is 13.0 Å². The van der Waals surface area contributed by atoms with Crippen LogP contribution >= 0.6 is 11.6 Å². The monoisotopic (exact) mass is 468 g/mol. The van der Waals surface area contributed by atoms with Gasteiger partial charge in [0.1, 0.15) is 18.4 Å². The van der Waals surface area contributed by atoms with Crippen LogP contribution in [0, 0.1) is 17.7 Å². The number of carbonyl (C=O) groups is 3. The van der Waals surface area contributed by atoms with E-state index in [0.717, 1.165) is 11.8 Å². The number of halogens is 2. The molecule has 2 amide bonds. The summed E-state index contributed by atoms with van der Waals surface area (Å²) in [6.45, 7) is 2.00. The van der Waals surface area contributed by atoms with Crippen molar-refractivity contribution in [3.63, 3.8) is 0 Å². The summed E-state index contributed by atoms with van der Waals surface area (Å²) in [5, 5.41) is 3.51. The largest absolute Gasteiger partial charge is 0.350 e. The highest BCUT2D eigenvalue weighted by Gasteiger charge is 2.56. The maximum atomic E-state index is 14.2. The van der Waals surface area contributed by atoms with E-state index in [4.69, 9.17) is 11.6 Å². The van der Waals surface area contributed by atoms with Gasteiger partial charge in [0, 0.05) is 42.0 Å². The van der Waals surface area contributed by atoms with Crippen LogP contribution in [0.3, 0.4) is 0 Å². The lowest BCUT2D eigenvalue weighted by Crippen LogP contribution is -2.49. The lowest BCUT2D eigenvalue weighted by Gasteiger charge is -2.27. The molecule has 0 spiro atoms. The van der Waals surface area contributed by atoms with Gasteiger partial charge < -0.3 is 14.8 Å². The van der Waals surface area contributed by atoms with E-state index in [1.807, 2.05) is 0 Å². The normalized spacial score (nSPS) is 21.2. The summed E-state index contributed by atoms with van der Waals surface area (Å²) >= 11 is 5.82. The quantitative estimate of drug-likeness (QED) is 0.563. The molecule has 2 aromatic heterocycles.